The molecule has 1 aromatic carbocycles. The number of halogens is 2. The number of ether oxygens (including phenoxy) is 3. The molecule has 2 aliphatic heterocycles. The Hall–Kier alpha value is -2.73. The third-order valence-electron chi connectivity index (χ3n) is 5.88. The molecule has 0 radical (unpaired) electrons. The minimum atomic E-state index is -0.925. The molecule has 1 fully saturated rings. The molecule has 3 aliphatic rings. The summed E-state index contributed by atoms with van der Waals surface area (Å²) in [5.41, 5.74) is 6.41. The number of rotatable bonds is 2. The fourth-order valence-electron chi connectivity index (χ4n) is 4.40. The summed E-state index contributed by atoms with van der Waals surface area (Å²) in [6, 6.07) is 5.02. The van der Waals surface area contributed by atoms with E-state index in [2.05, 4.69) is 0 Å². The van der Waals surface area contributed by atoms with E-state index in [1.54, 1.807) is 0 Å². The summed E-state index contributed by atoms with van der Waals surface area (Å²) >= 11 is 12.8. The van der Waals surface area contributed by atoms with Gasteiger partial charge in [0.25, 0.3) is 0 Å². The molecule has 0 bridgehead atoms. The van der Waals surface area contributed by atoms with Crippen molar-refractivity contribution in [2.75, 3.05) is 26.3 Å². The minimum absolute atomic E-state index is 0.0227. The average molecular weight is 492 g/mol. The zero-order chi connectivity index (χ0) is 23.9. The second kappa shape index (κ2) is 8.90. The van der Waals surface area contributed by atoms with Crippen LogP contribution >= 0.6 is 23.2 Å². The van der Waals surface area contributed by atoms with Gasteiger partial charge in [0.2, 0.25) is 5.88 Å². The standard InChI is InChI=1S/C23H23Cl2N3O5/c1-23(2)9-16(29)19-17(10-23)32-21(27)14(11-26)18(19)13-7-12(24)8-15(25)20(13)33-22(30)28-3-5-31-6-4-28/h7-8,18H,3-6,9-10,27H2,1-2H3/t18-/m1/s1. The quantitative estimate of drug-likeness (QED) is 0.656. The maximum atomic E-state index is 13.2. The van der Waals surface area contributed by atoms with Crippen molar-refractivity contribution in [2.45, 2.75) is 32.6 Å². The van der Waals surface area contributed by atoms with Crippen molar-refractivity contribution in [3.05, 3.63) is 50.5 Å². The number of nitriles is 1. The molecular formula is C23H23Cl2N3O5. The number of Topliss-reactive ketones (excluding diaryl/α,β-unsaturated/α-hetero) is 1. The maximum absolute atomic E-state index is 13.2. The van der Waals surface area contributed by atoms with E-state index < -0.39 is 12.0 Å². The Bertz CT molecular complexity index is 1130. The van der Waals surface area contributed by atoms with Gasteiger partial charge < -0.3 is 24.8 Å². The number of morpholine rings is 1. The van der Waals surface area contributed by atoms with Crippen molar-refractivity contribution >= 4 is 35.1 Å². The molecule has 10 heteroatoms. The highest BCUT2D eigenvalue weighted by Crippen LogP contribution is 2.51. The zero-order valence-electron chi connectivity index (χ0n) is 18.2. The highest BCUT2D eigenvalue weighted by molar-refractivity contribution is 6.35. The van der Waals surface area contributed by atoms with Crippen LogP contribution in [0.15, 0.2) is 34.9 Å². The van der Waals surface area contributed by atoms with E-state index in [0.717, 1.165) is 0 Å². The summed E-state index contributed by atoms with van der Waals surface area (Å²) in [5, 5.41) is 10.2. The Labute approximate surface area is 201 Å². The third kappa shape index (κ3) is 4.54. The van der Waals surface area contributed by atoms with Crippen molar-refractivity contribution < 1.29 is 23.8 Å². The normalized spacial score (nSPS) is 22.5. The first-order valence-corrected chi connectivity index (χ1v) is 11.2. The molecule has 2 N–H and O–H groups in total. The van der Waals surface area contributed by atoms with Crippen molar-refractivity contribution in [2.24, 2.45) is 11.1 Å². The van der Waals surface area contributed by atoms with Crippen molar-refractivity contribution in [3.63, 3.8) is 0 Å². The van der Waals surface area contributed by atoms with E-state index in [-0.39, 0.29) is 44.9 Å². The number of carbonyl (C=O) groups excluding carboxylic acids is 2. The smallest absolute Gasteiger partial charge is 0.415 e. The predicted molar refractivity (Wildman–Crippen MR) is 121 cm³/mol. The summed E-state index contributed by atoms with van der Waals surface area (Å²) in [7, 11) is 0. The van der Waals surface area contributed by atoms with Gasteiger partial charge in [-0.25, -0.2) is 4.79 Å². The molecule has 1 atom stereocenters. The van der Waals surface area contributed by atoms with Crippen LogP contribution in [0.25, 0.3) is 0 Å². The molecule has 1 aromatic rings. The molecule has 2 heterocycles. The van der Waals surface area contributed by atoms with Gasteiger partial charge in [0.1, 0.15) is 17.4 Å². The van der Waals surface area contributed by atoms with Crippen molar-refractivity contribution in [3.8, 4) is 11.8 Å². The molecule has 33 heavy (non-hydrogen) atoms. The van der Waals surface area contributed by atoms with E-state index in [1.807, 2.05) is 19.9 Å². The van der Waals surface area contributed by atoms with Crippen LogP contribution in [0.2, 0.25) is 10.0 Å². The van der Waals surface area contributed by atoms with Gasteiger partial charge in [0, 0.05) is 42.1 Å². The average Bonchev–Trinajstić information content (AvgIpc) is 2.74. The lowest BCUT2D eigenvalue weighted by Gasteiger charge is -2.37. The summed E-state index contributed by atoms with van der Waals surface area (Å²) in [5.74, 6) is -0.777. The fourth-order valence-corrected chi connectivity index (χ4v) is 4.94. The van der Waals surface area contributed by atoms with E-state index in [9.17, 15) is 14.9 Å². The number of carbonyl (C=O) groups is 2. The first kappa shape index (κ1) is 23.4. The number of hydrogen-bond acceptors (Lipinski definition) is 7. The molecule has 1 saturated heterocycles. The molecule has 8 nitrogen and oxygen atoms in total. The highest BCUT2D eigenvalue weighted by atomic mass is 35.5. The number of nitrogens with zero attached hydrogens (tertiary/aromatic N) is 2. The van der Waals surface area contributed by atoms with Crippen molar-refractivity contribution in [1.29, 1.82) is 5.26 Å². The molecular weight excluding hydrogens is 469 g/mol. The van der Waals surface area contributed by atoms with Crippen LogP contribution in [-0.2, 0) is 14.3 Å². The van der Waals surface area contributed by atoms with Crippen LogP contribution in [0.4, 0.5) is 4.79 Å². The first-order chi connectivity index (χ1) is 15.6. The Morgan fingerprint density at radius 1 is 1.27 bits per heavy atom. The van der Waals surface area contributed by atoms with Crippen LogP contribution in [-0.4, -0.2) is 43.1 Å². The summed E-state index contributed by atoms with van der Waals surface area (Å²) in [6.07, 6.45) is 0.111. The molecule has 1 amide bonds. The van der Waals surface area contributed by atoms with Gasteiger partial charge in [-0.3, -0.25) is 4.79 Å². The lowest BCUT2D eigenvalue weighted by atomic mass is 9.70. The summed E-state index contributed by atoms with van der Waals surface area (Å²) in [4.78, 5) is 27.6. The molecule has 0 aromatic heterocycles. The number of ketones is 1. The topological polar surface area (TPSA) is 115 Å². The van der Waals surface area contributed by atoms with Crippen LogP contribution in [0.3, 0.4) is 0 Å². The number of amides is 1. The lowest BCUT2D eigenvalue weighted by molar-refractivity contribution is -0.119. The van der Waals surface area contributed by atoms with Gasteiger partial charge in [-0.05, 0) is 17.5 Å². The maximum Gasteiger partial charge on any atom is 0.415 e. The van der Waals surface area contributed by atoms with Crippen molar-refractivity contribution in [1.82, 2.24) is 4.90 Å². The summed E-state index contributed by atoms with van der Waals surface area (Å²) < 4.78 is 16.7. The van der Waals surface area contributed by atoms with E-state index in [4.69, 9.17) is 43.1 Å². The minimum Gasteiger partial charge on any atom is -0.444 e. The number of allylic oxidation sites excluding steroid dienone is 3. The molecule has 0 spiro atoms. The van der Waals surface area contributed by atoms with Gasteiger partial charge in [-0.2, -0.15) is 5.26 Å². The Balaban J connectivity index is 1.84. The van der Waals surface area contributed by atoms with Gasteiger partial charge in [-0.1, -0.05) is 37.0 Å². The fraction of sp³-hybridized carbons (Fsp3) is 0.435. The van der Waals surface area contributed by atoms with Crippen LogP contribution in [0.5, 0.6) is 5.75 Å². The molecule has 174 valence electrons. The van der Waals surface area contributed by atoms with E-state index in [1.165, 1.54) is 17.0 Å². The SMILES string of the molecule is CC1(C)CC(=O)C2=C(C1)OC(N)=C(C#N)[C@H]2c1cc(Cl)cc(Cl)c1OC(=O)N1CCOCC1. The van der Waals surface area contributed by atoms with Crippen LogP contribution < -0.4 is 10.5 Å². The third-order valence-corrected chi connectivity index (χ3v) is 6.38. The number of benzene rings is 1. The van der Waals surface area contributed by atoms with Gasteiger partial charge in [0.15, 0.2) is 11.5 Å². The Kier molecular flexibility index (Phi) is 6.32. The second-order valence-electron chi connectivity index (χ2n) is 8.98. The summed E-state index contributed by atoms with van der Waals surface area (Å²) in [6.45, 7) is 5.45. The zero-order valence-corrected chi connectivity index (χ0v) is 19.8. The van der Waals surface area contributed by atoms with E-state index >= 15 is 0 Å². The highest BCUT2D eigenvalue weighted by Gasteiger charge is 2.44. The predicted octanol–water partition coefficient (Wildman–Crippen LogP) is 4.28. The monoisotopic (exact) mass is 491 g/mol. The lowest BCUT2D eigenvalue weighted by Crippen LogP contribution is -2.42. The van der Waals surface area contributed by atoms with Gasteiger partial charge in [-0.15, -0.1) is 0 Å². The van der Waals surface area contributed by atoms with Crippen LogP contribution in [0.1, 0.15) is 38.2 Å². The number of hydrogen-bond donors (Lipinski definition) is 1. The molecule has 4 rings (SSSR count). The first-order valence-electron chi connectivity index (χ1n) is 10.5. The van der Waals surface area contributed by atoms with Gasteiger partial charge in [0.05, 0.1) is 24.2 Å². The number of nitrogens with two attached hydrogens (primary N) is 1. The Morgan fingerprint density at radius 3 is 2.64 bits per heavy atom. The van der Waals surface area contributed by atoms with E-state index in [0.29, 0.717) is 49.6 Å². The molecule has 0 unspecified atom stereocenters. The molecule has 1 aliphatic carbocycles. The van der Waals surface area contributed by atoms with Crippen LogP contribution in [0, 0.1) is 16.7 Å². The molecule has 0 saturated carbocycles. The largest absolute Gasteiger partial charge is 0.444 e. The second-order valence-corrected chi connectivity index (χ2v) is 9.82. The Morgan fingerprint density at radius 2 is 1.97 bits per heavy atom. The van der Waals surface area contributed by atoms with Gasteiger partial charge >= 0.3 is 6.09 Å².